The van der Waals surface area contributed by atoms with Gasteiger partial charge in [-0.05, 0) is 83.9 Å². The molecular weight excluding hydrogens is 601 g/mol. The fourth-order valence-electron chi connectivity index (χ4n) is 7.68. The van der Waals surface area contributed by atoms with Crippen LogP contribution in [0.25, 0.3) is 88.1 Å². The highest BCUT2D eigenvalue weighted by Crippen LogP contribution is 2.42. The van der Waals surface area contributed by atoms with Crippen LogP contribution in [0.3, 0.4) is 0 Å². The normalized spacial score (nSPS) is 11.6. The number of nitriles is 2. The minimum atomic E-state index is 0.531. The van der Waals surface area contributed by atoms with E-state index >= 15 is 0 Å². The van der Waals surface area contributed by atoms with E-state index in [0.717, 1.165) is 88.1 Å². The van der Waals surface area contributed by atoms with Gasteiger partial charge in [0.05, 0.1) is 50.7 Å². The van der Waals surface area contributed by atoms with Crippen molar-refractivity contribution in [2.75, 3.05) is 0 Å². The first-order valence-electron chi connectivity index (χ1n) is 16.1. The molecule has 0 fully saturated rings. The minimum absolute atomic E-state index is 0.531. The summed E-state index contributed by atoms with van der Waals surface area (Å²) in [6.45, 7) is 0. The molecule has 0 aliphatic carbocycles. The molecule has 7 aromatic carbocycles. The summed E-state index contributed by atoms with van der Waals surface area (Å²) in [5, 5.41) is 27.2. The lowest BCUT2D eigenvalue weighted by atomic mass is 9.99. The maximum Gasteiger partial charge on any atom is 0.137 e. The Hall–Kier alpha value is -7.08. The molecule has 3 aromatic heterocycles. The van der Waals surface area contributed by atoms with Crippen molar-refractivity contribution >= 4 is 65.6 Å². The van der Waals surface area contributed by atoms with Crippen LogP contribution in [-0.4, -0.2) is 9.13 Å². The first-order valence-corrected chi connectivity index (χ1v) is 16.1. The summed E-state index contributed by atoms with van der Waals surface area (Å²) in [6, 6.07) is 54.1. The van der Waals surface area contributed by atoms with Gasteiger partial charge in [0.25, 0.3) is 0 Å². The summed E-state index contributed by atoms with van der Waals surface area (Å²) in [6.07, 6.45) is 0. The zero-order valence-electron chi connectivity index (χ0n) is 26.1. The second kappa shape index (κ2) is 10.2. The third kappa shape index (κ3) is 3.91. The van der Waals surface area contributed by atoms with Crippen LogP contribution in [0.15, 0.2) is 150 Å². The van der Waals surface area contributed by atoms with Crippen LogP contribution in [0.2, 0.25) is 0 Å². The van der Waals surface area contributed by atoms with Crippen LogP contribution in [0.1, 0.15) is 11.1 Å². The van der Waals surface area contributed by atoms with Gasteiger partial charge in [0, 0.05) is 38.3 Å². The van der Waals surface area contributed by atoms with Gasteiger partial charge in [0.15, 0.2) is 0 Å². The molecule has 0 saturated carbocycles. The van der Waals surface area contributed by atoms with Crippen molar-refractivity contribution in [3.8, 4) is 34.6 Å². The lowest BCUT2D eigenvalue weighted by Gasteiger charge is -2.14. The molecule has 5 nitrogen and oxygen atoms in total. The highest BCUT2D eigenvalue weighted by molar-refractivity contribution is 6.24. The van der Waals surface area contributed by atoms with Crippen LogP contribution in [0.5, 0.6) is 0 Å². The number of rotatable bonds is 3. The van der Waals surface area contributed by atoms with E-state index in [1.807, 2.05) is 60.7 Å². The van der Waals surface area contributed by atoms with Crippen LogP contribution >= 0.6 is 0 Å². The Bertz CT molecular complexity index is 3030. The highest BCUT2D eigenvalue weighted by atomic mass is 16.3. The molecule has 0 spiro atoms. The minimum Gasteiger partial charge on any atom is -0.456 e. The zero-order valence-corrected chi connectivity index (χ0v) is 26.1. The lowest BCUT2D eigenvalue weighted by Crippen LogP contribution is -1.98. The Morgan fingerprint density at radius 1 is 0.429 bits per heavy atom. The highest BCUT2D eigenvalue weighted by Gasteiger charge is 2.20. The van der Waals surface area contributed by atoms with E-state index in [0.29, 0.717) is 11.1 Å². The van der Waals surface area contributed by atoms with Crippen molar-refractivity contribution in [3.63, 3.8) is 0 Å². The fourth-order valence-corrected chi connectivity index (χ4v) is 7.68. The Morgan fingerprint density at radius 2 is 0.918 bits per heavy atom. The van der Waals surface area contributed by atoms with Gasteiger partial charge in [0.1, 0.15) is 11.2 Å². The predicted molar refractivity (Wildman–Crippen MR) is 197 cm³/mol. The van der Waals surface area contributed by atoms with Crippen molar-refractivity contribution in [3.05, 3.63) is 157 Å². The molecular formula is C44H24N4O. The molecule has 0 aliphatic rings. The SMILES string of the molecule is N#Cc1cc(-c2cc(C#N)cc(-n3c4ccccc4c4ccc5oc6ccccc6c5c43)c2)cc(-n2c3ccccc3c3ccccc32)c1. The fraction of sp³-hybridized carbons (Fsp3) is 0. The van der Waals surface area contributed by atoms with Crippen molar-refractivity contribution in [1.82, 2.24) is 9.13 Å². The number of nitrogens with zero attached hydrogens (tertiary/aromatic N) is 4. The van der Waals surface area contributed by atoms with E-state index < -0.39 is 0 Å². The Labute approximate surface area is 280 Å². The van der Waals surface area contributed by atoms with Gasteiger partial charge < -0.3 is 13.6 Å². The molecule has 10 aromatic rings. The molecule has 49 heavy (non-hydrogen) atoms. The average molecular weight is 625 g/mol. The van der Waals surface area contributed by atoms with Gasteiger partial charge in [-0.2, -0.15) is 10.5 Å². The third-order valence-corrected chi connectivity index (χ3v) is 9.70. The number of furan rings is 1. The molecule has 0 N–H and O–H groups in total. The molecule has 0 aliphatic heterocycles. The van der Waals surface area contributed by atoms with Crippen LogP contribution < -0.4 is 0 Å². The first kappa shape index (κ1) is 27.1. The summed E-state index contributed by atoms with van der Waals surface area (Å²) < 4.78 is 10.8. The molecule has 10 rings (SSSR count). The predicted octanol–water partition coefficient (Wildman–Crippen LogP) is 11.2. The topological polar surface area (TPSA) is 70.6 Å². The summed E-state index contributed by atoms with van der Waals surface area (Å²) in [4.78, 5) is 0. The van der Waals surface area contributed by atoms with Crippen LogP contribution in [0, 0.1) is 22.7 Å². The summed E-state index contributed by atoms with van der Waals surface area (Å²) in [5.74, 6) is 0. The van der Waals surface area contributed by atoms with Gasteiger partial charge in [-0.3, -0.25) is 0 Å². The number of aromatic nitrogens is 2. The molecule has 0 unspecified atom stereocenters. The third-order valence-electron chi connectivity index (χ3n) is 9.70. The van der Waals surface area contributed by atoms with Gasteiger partial charge in [-0.1, -0.05) is 72.8 Å². The first-order chi connectivity index (χ1) is 24.2. The summed E-state index contributed by atoms with van der Waals surface area (Å²) >= 11 is 0. The standard InChI is InChI=1S/C44H24N4O/c45-25-27-19-29(23-31(21-27)47-38-13-5-1-9-33(38)34-10-2-6-14-39(34)47)30-20-28(26-46)22-32(24-30)48-40-15-7-3-11-35(40)36-17-18-42-43(44(36)48)37-12-4-8-16-41(37)49-42/h1-24H. The van der Waals surface area contributed by atoms with E-state index in [-0.39, 0.29) is 0 Å². The zero-order chi connectivity index (χ0) is 32.6. The summed E-state index contributed by atoms with van der Waals surface area (Å²) in [7, 11) is 0. The molecule has 0 amide bonds. The van der Waals surface area contributed by atoms with Gasteiger partial charge in [0.2, 0.25) is 0 Å². The van der Waals surface area contributed by atoms with Gasteiger partial charge in [-0.25, -0.2) is 0 Å². The molecule has 0 saturated heterocycles. The van der Waals surface area contributed by atoms with Crippen LogP contribution in [0.4, 0.5) is 0 Å². The molecule has 0 bridgehead atoms. The van der Waals surface area contributed by atoms with Crippen molar-refractivity contribution < 1.29 is 4.42 Å². The van der Waals surface area contributed by atoms with Crippen LogP contribution in [-0.2, 0) is 0 Å². The van der Waals surface area contributed by atoms with E-state index in [1.54, 1.807) is 0 Å². The molecule has 0 atom stereocenters. The van der Waals surface area contributed by atoms with Crippen molar-refractivity contribution in [2.24, 2.45) is 0 Å². The number of para-hydroxylation sites is 4. The van der Waals surface area contributed by atoms with E-state index in [9.17, 15) is 10.5 Å². The number of benzene rings is 7. The molecule has 0 radical (unpaired) electrons. The van der Waals surface area contributed by atoms with E-state index in [2.05, 4.69) is 106 Å². The molecule has 3 heterocycles. The summed E-state index contributed by atoms with van der Waals surface area (Å²) in [5.41, 5.74) is 10.4. The lowest BCUT2D eigenvalue weighted by molar-refractivity contribution is 0.669. The molecule has 5 heteroatoms. The number of fused-ring (bicyclic) bond motifs is 10. The van der Waals surface area contributed by atoms with E-state index in [1.165, 1.54) is 0 Å². The maximum atomic E-state index is 10.3. The van der Waals surface area contributed by atoms with Crippen molar-refractivity contribution in [1.29, 1.82) is 10.5 Å². The molecule has 226 valence electrons. The maximum absolute atomic E-state index is 10.3. The Morgan fingerprint density at radius 3 is 1.51 bits per heavy atom. The Balaban J connectivity index is 1.27. The average Bonchev–Trinajstić information content (AvgIpc) is 3.82. The quantitative estimate of drug-likeness (QED) is 0.196. The Kier molecular flexibility index (Phi) is 5.64. The second-order valence-corrected chi connectivity index (χ2v) is 12.4. The largest absolute Gasteiger partial charge is 0.456 e. The number of hydrogen-bond donors (Lipinski definition) is 0. The van der Waals surface area contributed by atoms with Gasteiger partial charge in [-0.15, -0.1) is 0 Å². The monoisotopic (exact) mass is 624 g/mol. The second-order valence-electron chi connectivity index (χ2n) is 12.4. The number of hydrogen-bond acceptors (Lipinski definition) is 3. The van der Waals surface area contributed by atoms with Crippen molar-refractivity contribution in [2.45, 2.75) is 0 Å². The van der Waals surface area contributed by atoms with Gasteiger partial charge >= 0.3 is 0 Å². The smallest absolute Gasteiger partial charge is 0.137 e. The van der Waals surface area contributed by atoms with E-state index in [4.69, 9.17) is 4.42 Å².